The van der Waals surface area contributed by atoms with E-state index in [0.29, 0.717) is 30.6 Å². The maximum atomic E-state index is 8.92. The number of pyridine rings is 1. The minimum Gasteiger partial charge on any atom is -0.376 e. The maximum absolute atomic E-state index is 8.92. The summed E-state index contributed by atoms with van der Waals surface area (Å²) in [5, 5.41) is 12.1. The lowest BCUT2D eigenvalue weighted by Gasteiger charge is -2.22. The maximum Gasteiger partial charge on any atom is 0.143 e. The van der Waals surface area contributed by atoms with Crippen LogP contribution in [0, 0.1) is 11.3 Å². The first-order chi connectivity index (χ1) is 8.90. The lowest BCUT2D eigenvalue weighted by molar-refractivity contribution is 0.0347. The number of nitriles is 1. The number of ether oxygens (including phenoxy) is 1. The summed E-state index contributed by atoms with van der Waals surface area (Å²) in [6, 6.07) is 5.65. The molecule has 1 heterocycles. The highest BCUT2D eigenvalue weighted by Crippen LogP contribution is 2.20. The van der Waals surface area contributed by atoms with Crippen LogP contribution >= 0.6 is 0 Å². The third-order valence-corrected chi connectivity index (χ3v) is 3.23. The van der Waals surface area contributed by atoms with Gasteiger partial charge in [-0.2, -0.15) is 5.26 Å². The van der Waals surface area contributed by atoms with Gasteiger partial charge in [-0.05, 0) is 25.0 Å². The Hall–Kier alpha value is -1.60. The van der Waals surface area contributed by atoms with Gasteiger partial charge < -0.3 is 10.1 Å². The summed E-state index contributed by atoms with van der Waals surface area (Å²) in [6.07, 6.45) is 8.41. The molecular weight excluding hydrogens is 226 g/mol. The van der Waals surface area contributed by atoms with Crippen LogP contribution in [0.4, 0.5) is 5.82 Å². The van der Waals surface area contributed by atoms with Gasteiger partial charge in [0, 0.05) is 12.7 Å². The third-order valence-electron chi connectivity index (χ3n) is 3.23. The molecule has 1 fully saturated rings. The number of aromatic nitrogens is 1. The van der Waals surface area contributed by atoms with E-state index < -0.39 is 0 Å². The van der Waals surface area contributed by atoms with Gasteiger partial charge in [-0.15, -0.1) is 0 Å². The molecule has 0 radical (unpaired) electrons. The molecule has 0 spiro atoms. The molecule has 96 valence electrons. The first-order valence-electron chi connectivity index (χ1n) is 6.61. The van der Waals surface area contributed by atoms with Gasteiger partial charge in [0.05, 0.1) is 18.3 Å². The Morgan fingerprint density at radius 3 is 3.00 bits per heavy atom. The predicted octanol–water partition coefficient (Wildman–Crippen LogP) is 2.71. The van der Waals surface area contributed by atoms with Crippen LogP contribution in [0.2, 0.25) is 0 Å². The zero-order valence-corrected chi connectivity index (χ0v) is 10.6. The highest BCUT2D eigenvalue weighted by atomic mass is 16.5. The largest absolute Gasteiger partial charge is 0.376 e. The lowest BCUT2D eigenvalue weighted by atomic mass is 9.98. The minimum atomic E-state index is 0.430. The summed E-state index contributed by atoms with van der Waals surface area (Å²) >= 11 is 0. The number of hydrogen-bond donors (Lipinski definition) is 1. The minimum absolute atomic E-state index is 0.430. The molecule has 0 saturated heterocycles. The molecule has 0 aliphatic heterocycles. The van der Waals surface area contributed by atoms with E-state index in [1.54, 1.807) is 18.3 Å². The van der Waals surface area contributed by atoms with Crippen LogP contribution < -0.4 is 5.32 Å². The highest BCUT2D eigenvalue weighted by Gasteiger charge is 2.13. The van der Waals surface area contributed by atoms with Crippen molar-refractivity contribution in [2.24, 2.45) is 0 Å². The van der Waals surface area contributed by atoms with Crippen molar-refractivity contribution in [3.05, 3.63) is 23.9 Å². The third kappa shape index (κ3) is 3.71. The van der Waals surface area contributed by atoms with Crippen molar-refractivity contribution in [3.8, 4) is 6.07 Å². The Morgan fingerprint density at radius 2 is 2.22 bits per heavy atom. The zero-order chi connectivity index (χ0) is 12.6. The zero-order valence-electron chi connectivity index (χ0n) is 10.6. The molecule has 0 amide bonds. The van der Waals surface area contributed by atoms with E-state index in [4.69, 9.17) is 10.00 Å². The normalized spacial score (nSPS) is 16.2. The standard InChI is InChI=1S/C14H19N3O/c15-11-12-5-4-8-16-14(12)17-9-10-18-13-6-2-1-3-7-13/h4-5,8,13H,1-3,6-7,9-10H2,(H,16,17). The second kappa shape index (κ2) is 6.97. The molecule has 0 unspecified atom stereocenters. The van der Waals surface area contributed by atoms with Crippen LogP contribution in [0.15, 0.2) is 18.3 Å². The van der Waals surface area contributed by atoms with Gasteiger partial charge >= 0.3 is 0 Å². The van der Waals surface area contributed by atoms with Gasteiger partial charge in [0.25, 0.3) is 0 Å². The molecule has 0 atom stereocenters. The Labute approximate surface area is 108 Å². The van der Waals surface area contributed by atoms with E-state index in [-0.39, 0.29) is 0 Å². The molecule has 1 aromatic rings. The van der Waals surface area contributed by atoms with Crippen molar-refractivity contribution in [1.29, 1.82) is 5.26 Å². The molecule has 1 aliphatic carbocycles. The monoisotopic (exact) mass is 245 g/mol. The fourth-order valence-electron chi connectivity index (χ4n) is 2.26. The predicted molar refractivity (Wildman–Crippen MR) is 70.3 cm³/mol. The van der Waals surface area contributed by atoms with Crippen LogP contribution in [0.25, 0.3) is 0 Å². The lowest BCUT2D eigenvalue weighted by Crippen LogP contribution is -2.20. The number of nitrogens with zero attached hydrogens (tertiary/aromatic N) is 2. The summed E-state index contributed by atoms with van der Waals surface area (Å²) in [6.45, 7) is 1.37. The van der Waals surface area contributed by atoms with Crippen LogP contribution in [0.5, 0.6) is 0 Å². The number of rotatable bonds is 5. The molecule has 18 heavy (non-hydrogen) atoms. The van der Waals surface area contributed by atoms with Crippen molar-refractivity contribution in [2.75, 3.05) is 18.5 Å². The van der Waals surface area contributed by atoms with Gasteiger partial charge in [0.1, 0.15) is 11.9 Å². The van der Waals surface area contributed by atoms with Gasteiger partial charge in [-0.3, -0.25) is 0 Å². The Morgan fingerprint density at radius 1 is 1.39 bits per heavy atom. The van der Waals surface area contributed by atoms with E-state index in [2.05, 4.69) is 16.4 Å². The van der Waals surface area contributed by atoms with E-state index in [1.807, 2.05) is 0 Å². The summed E-state index contributed by atoms with van der Waals surface area (Å²) in [5.74, 6) is 0.646. The van der Waals surface area contributed by atoms with Crippen LogP contribution in [0.1, 0.15) is 37.7 Å². The summed E-state index contributed by atoms with van der Waals surface area (Å²) in [5.41, 5.74) is 0.579. The van der Waals surface area contributed by atoms with Gasteiger partial charge in [0.15, 0.2) is 0 Å². The average Bonchev–Trinajstić information content (AvgIpc) is 2.45. The fourth-order valence-corrected chi connectivity index (χ4v) is 2.26. The average molecular weight is 245 g/mol. The van der Waals surface area contributed by atoms with Gasteiger partial charge in [0.2, 0.25) is 0 Å². The smallest absolute Gasteiger partial charge is 0.143 e. The first-order valence-corrected chi connectivity index (χ1v) is 6.61. The summed E-state index contributed by atoms with van der Waals surface area (Å²) in [4.78, 5) is 4.14. The van der Waals surface area contributed by atoms with Crippen LogP contribution in [0.3, 0.4) is 0 Å². The first kappa shape index (κ1) is 12.8. The molecule has 0 aromatic carbocycles. The topological polar surface area (TPSA) is 57.9 Å². The Kier molecular flexibility index (Phi) is 4.98. The quantitative estimate of drug-likeness (QED) is 0.810. The Bertz CT molecular complexity index is 408. The molecule has 1 N–H and O–H groups in total. The van der Waals surface area contributed by atoms with Gasteiger partial charge in [-0.25, -0.2) is 4.98 Å². The highest BCUT2D eigenvalue weighted by molar-refractivity contribution is 5.50. The van der Waals surface area contributed by atoms with Crippen LogP contribution in [-0.4, -0.2) is 24.2 Å². The molecule has 4 nitrogen and oxygen atoms in total. The second-order valence-corrected chi connectivity index (χ2v) is 4.57. The van der Waals surface area contributed by atoms with E-state index in [1.165, 1.54) is 32.1 Å². The number of hydrogen-bond acceptors (Lipinski definition) is 4. The van der Waals surface area contributed by atoms with E-state index >= 15 is 0 Å². The van der Waals surface area contributed by atoms with Crippen LogP contribution in [-0.2, 0) is 4.74 Å². The molecule has 4 heteroatoms. The Balaban J connectivity index is 1.70. The van der Waals surface area contributed by atoms with Gasteiger partial charge in [-0.1, -0.05) is 19.3 Å². The SMILES string of the molecule is N#Cc1cccnc1NCCOC1CCCCC1. The molecule has 1 aromatic heterocycles. The molecule has 0 bridgehead atoms. The fraction of sp³-hybridized carbons (Fsp3) is 0.571. The van der Waals surface area contributed by atoms with Crippen molar-refractivity contribution in [2.45, 2.75) is 38.2 Å². The van der Waals surface area contributed by atoms with Crippen molar-refractivity contribution in [3.63, 3.8) is 0 Å². The number of nitrogens with one attached hydrogen (secondary N) is 1. The molecule has 1 aliphatic rings. The van der Waals surface area contributed by atoms with E-state index in [0.717, 1.165) is 0 Å². The molecular formula is C14H19N3O. The summed E-state index contributed by atoms with van der Waals surface area (Å²) < 4.78 is 5.80. The van der Waals surface area contributed by atoms with Crippen molar-refractivity contribution < 1.29 is 4.74 Å². The van der Waals surface area contributed by atoms with Crippen molar-refractivity contribution >= 4 is 5.82 Å². The molecule has 2 rings (SSSR count). The van der Waals surface area contributed by atoms with Crippen molar-refractivity contribution in [1.82, 2.24) is 4.98 Å². The summed E-state index contributed by atoms with van der Waals surface area (Å²) in [7, 11) is 0. The molecule has 1 saturated carbocycles. The van der Waals surface area contributed by atoms with E-state index in [9.17, 15) is 0 Å². The number of anilines is 1. The second-order valence-electron chi connectivity index (χ2n) is 4.57.